The number of hydrogen-bond donors (Lipinski definition) is 0. The summed E-state index contributed by atoms with van der Waals surface area (Å²) in [5.41, 5.74) is -0.164. The number of hydrogen-bond acceptors (Lipinski definition) is 0. The second-order valence-corrected chi connectivity index (χ2v) is 6.48. The van der Waals surface area contributed by atoms with E-state index in [9.17, 15) is 26.3 Å². The quantitative estimate of drug-likeness (QED) is 0.292. The molecule has 0 aliphatic heterocycles. The van der Waals surface area contributed by atoms with Crippen LogP contribution in [0, 0.1) is 0 Å². The van der Waals surface area contributed by atoms with E-state index in [1.807, 2.05) is 0 Å². The molecular weight excluding hydrogens is 378 g/mol. The lowest BCUT2D eigenvalue weighted by molar-refractivity contribution is -0.138. The molecule has 0 aliphatic carbocycles. The Morgan fingerprint density at radius 2 is 0.857 bits per heavy atom. The van der Waals surface area contributed by atoms with E-state index in [4.69, 9.17) is 0 Å². The van der Waals surface area contributed by atoms with Crippen molar-refractivity contribution < 1.29 is 26.3 Å². The first-order valence-electron chi connectivity index (χ1n) is 8.35. The molecule has 4 rings (SSSR count). The molecule has 0 unspecified atom stereocenters. The Balaban J connectivity index is 1.94. The van der Waals surface area contributed by atoms with Gasteiger partial charge in [-0.2, -0.15) is 26.3 Å². The van der Waals surface area contributed by atoms with Gasteiger partial charge in [0.1, 0.15) is 0 Å². The van der Waals surface area contributed by atoms with E-state index in [0.717, 1.165) is 24.3 Å². The van der Waals surface area contributed by atoms with Gasteiger partial charge in [-0.15, -0.1) is 0 Å². The van der Waals surface area contributed by atoms with Crippen LogP contribution in [0.5, 0.6) is 0 Å². The zero-order valence-corrected chi connectivity index (χ0v) is 14.2. The summed E-state index contributed by atoms with van der Waals surface area (Å²) in [6.07, 6.45) is -8.89. The fourth-order valence-corrected chi connectivity index (χ4v) is 3.39. The van der Waals surface area contributed by atoms with Gasteiger partial charge in [0.05, 0.1) is 11.1 Å². The number of halogens is 6. The Bertz CT molecular complexity index is 1090. The number of alkyl halides is 6. The van der Waals surface area contributed by atoms with Crippen LogP contribution in [0.4, 0.5) is 26.3 Å². The fraction of sp³-hybridized carbons (Fsp3) is 0.0909. The van der Waals surface area contributed by atoms with Crippen LogP contribution < -0.4 is 0 Å². The van der Waals surface area contributed by atoms with E-state index < -0.39 is 23.5 Å². The number of fused-ring (bicyclic) bond motifs is 2. The van der Waals surface area contributed by atoms with E-state index in [2.05, 4.69) is 0 Å². The number of rotatable bonds is 1. The highest BCUT2D eigenvalue weighted by Gasteiger charge is 2.31. The van der Waals surface area contributed by atoms with Crippen LogP contribution in [-0.4, -0.2) is 0 Å². The van der Waals surface area contributed by atoms with E-state index >= 15 is 0 Å². The van der Waals surface area contributed by atoms with Gasteiger partial charge in [-0.25, -0.2) is 0 Å². The predicted octanol–water partition coefficient (Wildman–Crippen LogP) is 7.70. The van der Waals surface area contributed by atoms with Crippen molar-refractivity contribution in [2.75, 3.05) is 0 Å². The van der Waals surface area contributed by atoms with Gasteiger partial charge in [-0.05, 0) is 56.9 Å². The summed E-state index contributed by atoms with van der Waals surface area (Å²) in [5.74, 6) is 0. The highest BCUT2D eigenvalue weighted by molar-refractivity contribution is 6.05. The molecule has 0 atom stereocenters. The van der Waals surface area contributed by atoms with E-state index in [1.54, 1.807) is 36.4 Å². The maximum atomic E-state index is 13.0. The summed E-state index contributed by atoms with van der Waals surface area (Å²) in [6.45, 7) is 0. The molecule has 4 aromatic carbocycles. The van der Waals surface area contributed by atoms with Crippen molar-refractivity contribution in [3.8, 4) is 11.1 Å². The molecule has 28 heavy (non-hydrogen) atoms. The molecule has 0 bridgehead atoms. The molecule has 0 heterocycles. The van der Waals surface area contributed by atoms with Crippen molar-refractivity contribution in [3.63, 3.8) is 0 Å². The highest BCUT2D eigenvalue weighted by atomic mass is 19.4. The summed E-state index contributed by atoms with van der Waals surface area (Å²) < 4.78 is 77.9. The van der Waals surface area contributed by atoms with Gasteiger partial charge >= 0.3 is 12.4 Å². The largest absolute Gasteiger partial charge is 0.416 e. The van der Waals surface area contributed by atoms with Gasteiger partial charge in [0.15, 0.2) is 0 Å². The topological polar surface area (TPSA) is 0 Å². The van der Waals surface area contributed by atoms with Gasteiger partial charge in [0.25, 0.3) is 0 Å². The first-order valence-corrected chi connectivity index (χ1v) is 8.35. The maximum Gasteiger partial charge on any atom is 0.416 e. The predicted molar refractivity (Wildman–Crippen MR) is 96.9 cm³/mol. The summed E-state index contributed by atoms with van der Waals surface area (Å²) in [5, 5.41) is 2.03. The lowest BCUT2D eigenvalue weighted by Gasteiger charge is -2.14. The van der Waals surface area contributed by atoms with Crippen LogP contribution in [0.1, 0.15) is 11.1 Å². The minimum Gasteiger partial charge on any atom is -0.166 e. The molecule has 0 fully saturated rings. The van der Waals surface area contributed by atoms with Gasteiger partial charge in [0, 0.05) is 0 Å². The molecule has 6 heteroatoms. The molecule has 0 saturated carbocycles. The van der Waals surface area contributed by atoms with Gasteiger partial charge < -0.3 is 0 Å². The van der Waals surface area contributed by atoms with Crippen LogP contribution in [0.25, 0.3) is 32.7 Å². The standard InChI is InChI=1S/C22H12F6/c23-21(24,25)15-7-9-17-13(11-15)3-1-5-19(17)20-6-2-4-14-12-16(22(26,27)28)8-10-18(14)20/h1-12H. The van der Waals surface area contributed by atoms with Crippen molar-refractivity contribution in [2.24, 2.45) is 0 Å². The summed E-state index contributed by atoms with van der Waals surface area (Å²) >= 11 is 0. The molecule has 0 nitrogen and oxygen atoms in total. The molecule has 142 valence electrons. The van der Waals surface area contributed by atoms with Crippen molar-refractivity contribution in [2.45, 2.75) is 12.4 Å². The molecule has 0 saturated heterocycles. The Hall–Kier alpha value is -3.02. The van der Waals surface area contributed by atoms with Crippen LogP contribution in [0.3, 0.4) is 0 Å². The molecule has 0 aliphatic rings. The molecule has 0 radical (unpaired) electrons. The third kappa shape index (κ3) is 3.19. The molecule has 0 amide bonds. The Morgan fingerprint density at radius 1 is 0.464 bits per heavy atom. The van der Waals surface area contributed by atoms with E-state index in [-0.39, 0.29) is 0 Å². The zero-order chi connectivity index (χ0) is 20.1. The second kappa shape index (κ2) is 6.26. The summed E-state index contributed by atoms with van der Waals surface area (Å²) in [4.78, 5) is 0. The maximum absolute atomic E-state index is 13.0. The highest BCUT2D eigenvalue weighted by Crippen LogP contribution is 2.38. The molecule has 0 aromatic heterocycles. The lowest BCUT2D eigenvalue weighted by Crippen LogP contribution is -2.04. The zero-order valence-electron chi connectivity index (χ0n) is 14.2. The van der Waals surface area contributed by atoms with Crippen LogP contribution in [0.2, 0.25) is 0 Å². The Morgan fingerprint density at radius 3 is 1.21 bits per heavy atom. The van der Waals surface area contributed by atoms with Gasteiger partial charge in [-0.1, -0.05) is 48.5 Å². The molecular formula is C22H12F6. The van der Waals surface area contributed by atoms with Crippen molar-refractivity contribution >= 4 is 21.5 Å². The Labute approximate surface area is 156 Å². The lowest BCUT2D eigenvalue weighted by atomic mass is 9.92. The van der Waals surface area contributed by atoms with Crippen LogP contribution >= 0.6 is 0 Å². The third-order valence-electron chi connectivity index (χ3n) is 4.71. The Kier molecular flexibility index (Phi) is 4.10. The van der Waals surface area contributed by atoms with E-state index in [0.29, 0.717) is 32.7 Å². The first kappa shape index (κ1) is 18.3. The molecule has 0 spiro atoms. The molecule has 0 N–H and O–H groups in total. The minimum atomic E-state index is -4.45. The second-order valence-electron chi connectivity index (χ2n) is 6.48. The van der Waals surface area contributed by atoms with Crippen LogP contribution in [0.15, 0.2) is 72.8 Å². The smallest absolute Gasteiger partial charge is 0.166 e. The number of benzene rings is 4. The summed E-state index contributed by atoms with van der Waals surface area (Å²) in [7, 11) is 0. The first-order chi connectivity index (χ1) is 13.1. The van der Waals surface area contributed by atoms with E-state index in [1.165, 1.54) is 12.1 Å². The monoisotopic (exact) mass is 390 g/mol. The normalized spacial score (nSPS) is 12.6. The summed E-state index contributed by atoms with van der Waals surface area (Å²) in [6, 6.07) is 16.9. The van der Waals surface area contributed by atoms with Gasteiger partial charge in [0.2, 0.25) is 0 Å². The van der Waals surface area contributed by atoms with Gasteiger partial charge in [-0.3, -0.25) is 0 Å². The van der Waals surface area contributed by atoms with Crippen molar-refractivity contribution in [1.29, 1.82) is 0 Å². The van der Waals surface area contributed by atoms with Crippen LogP contribution in [-0.2, 0) is 12.4 Å². The molecule has 4 aromatic rings. The van der Waals surface area contributed by atoms with Crippen molar-refractivity contribution in [3.05, 3.63) is 83.9 Å². The fourth-order valence-electron chi connectivity index (χ4n) is 3.39. The van der Waals surface area contributed by atoms with Crippen molar-refractivity contribution in [1.82, 2.24) is 0 Å². The SMILES string of the molecule is FC(F)(F)c1ccc2c(-c3cccc4cc(C(F)(F)F)ccc34)cccc2c1. The minimum absolute atomic E-state index is 0.413. The third-order valence-corrected chi connectivity index (χ3v) is 4.71. The average Bonchev–Trinajstić information content (AvgIpc) is 2.64. The average molecular weight is 390 g/mol.